The van der Waals surface area contributed by atoms with E-state index < -0.39 is 18.0 Å². The molecular weight excluding hydrogens is 386 g/mol. The van der Waals surface area contributed by atoms with Crippen molar-refractivity contribution in [2.75, 3.05) is 33.9 Å². The smallest absolute Gasteiger partial charge is 0.311 e. The Hall–Kier alpha value is -0.730. The summed E-state index contributed by atoms with van der Waals surface area (Å²) in [4.78, 5) is 15.1. The SMILES string of the molecule is COC1(C)CC(O[C@H]2[C@H](C)C[C@@H](C)CCN(C)CCCOC(=O)[C@@H]2C)[OH+]C(C)C1O. The molecule has 2 aliphatic rings. The number of hydrogen-bond donors (Lipinski definition) is 1. The highest BCUT2D eigenvalue weighted by Crippen LogP contribution is 2.34. The van der Waals surface area contributed by atoms with E-state index in [1.165, 1.54) is 0 Å². The molecule has 4 unspecified atom stereocenters. The second kappa shape index (κ2) is 11.2. The van der Waals surface area contributed by atoms with Crippen molar-refractivity contribution in [2.45, 2.75) is 90.5 Å². The van der Waals surface area contributed by atoms with Crippen LogP contribution in [-0.4, -0.2) is 84.8 Å². The van der Waals surface area contributed by atoms with Gasteiger partial charge in [0.1, 0.15) is 5.60 Å². The molecule has 2 aliphatic heterocycles. The summed E-state index contributed by atoms with van der Waals surface area (Å²) in [6.45, 7) is 12.5. The molecule has 0 radical (unpaired) electrons. The molecule has 0 aromatic carbocycles. The van der Waals surface area contributed by atoms with Crippen LogP contribution in [-0.2, 0) is 19.0 Å². The van der Waals surface area contributed by atoms with Gasteiger partial charge in [0.15, 0.2) is 12.2 Å². The molecule has 0 saturated carbocycles. The average molecular weight is 431 g/mol. The summed E-state index contributed by atoms with van der Waals surface area (Å²) in [6, 6.07) is 0. The minimum Gasteiger partial charge on any atom is -0.465 e. The number of nitrogens with zero attached hydrogens (tertiary/aromatic N) is 1. The second-order valence-electron chi connectivity index (χ2n) is 9.83. The topological polar surface area (TPSA) is 81.0 Å². The van der Waals surface area contributed by atoms with Crippen LogP contribution in [0.5, 0.6) is 0 Å². The van der Waals surface area contributed by atoms with E-state index in [-0.39, 0.29) is 30.0 Å². The summed E-state index contributed by atoms with van der Waals surface area (Å²) in [6.07, 6.45) is 1.70. The fourth-order valence-electron chi connectivity index (χ4n) is 4.80. The summed E-state index contributed by atoms with van der Waals surface area (Å²) in [5.74, 6) is 0.127. The predicted octanol–water partition coefficient (Wildman–Crippen LogP) is 2.35. The number of carbonyl (C=O) groups is 1. The highest BCUT2D eigenvalue weighted by Gasteiger charge is 2.50. The largest absolute Gasteiger partial charge is 0.465 e. The molecule has 2 N–H and O–H groups in total. The van der Waals surface area contributed by atoms with Crippen LogP contribution in [0, 0.1) is 17.8 Å². The van der Waals surface area contributed by atoms with Crippen LogP contribution < -0.4 is 0 Å². The van der Waals surface area contributed by atoms with E-state index in [4.69, 9.17) is 14.2 Å². The molecule has 0 spiro atoms. The third-order valence-electron chi connectivity index (χ3n) is 6.98. The van der Waals surface area contributed by atoms with Gasteiger partial charge >= 0.3 is 5.97 Å². The zero-order valence-corrected chi connectivity index (χ0v) is 20.0. The van der Waals surface area contributed by atoms with Gasteiger partial charge in [-0.25, -0.2) is 0 Å². The van der Waals surface area contributed by atoms with Gasteiger partial charge in [0.05, 0.1) is 25.0 Å². The van der Waals surface area contributed by atoms with Gasteiger partial charge in [-0.15, -0.1) is 0 Å². The molecule has 0 aromatic rings. The van der Waals surface area contributed by atoms with Crippen molar-refractivity contribution in [1.82, 2.24) is 4.90 Å². The van der Waals surface area contributed by atoms with Crippen LogP contribution >= 0.6 is 0 Å². The maximum atomic E-state index is 12.8. The Labute approximate surface area is 182 Å². The van der Waals surface area contributed by atoms with Crippen molar-refractivity contribution in [3.05, 3.63) is 0 Å². The number of ether oxygens (including phenoxy) is 4. The third kappa shape index (κ3) is 6.63. The van der Waals surface area contributed by atoms with Gasteiger partial charge in [0.2, 0.25) is 0 Å². The lowest BCUT2D eigenvalue weighted by atomic mass is 9.85. The van der Waals surface area contributed by atoms with E-state index in [1.807, 2.05) is 20.8 Å². The average Bonchev–Trinajstić information content (AvgIpc) is 2.70. The maximum absolute atomic E-state index is 12.8. The molecule has 0 aliphatic carbocycles. The molecule has 0 bridgehead atoms. The molecule has 8 atom stereocenters. The van der Waals surface area contributed by atoms with Crippen LogP contribution in [0.4, 0.5) is 0 Å². The van der Waals surface area contributed by atoms with Crippen molar-refractivity contribution >= 4 is 5.97 Å². The van der Waals surface area contributed by atoms with Gasteiger partial charge in [0.25, 0.3) is 6.29 Å². The van der Waals surface area contributed by atoms with Gasteiger partial charge in [-0.3, -0.25) is 4.79 Å². The number of aliphatic hydroxyl groups excluding tert-OH is 1. The number of rotatable bonds is 3. The molecule has 0 amide bonds. The van der Waals surface area contributed by atoms with Crippen molar-refractivity contribution in [2.24, 2.45) is 17.8 Å². The fourth-order valence-corrected chi connectivity index (χ4v) is 4.80. The number of aliphatic hydroxyl groups is 3. The zero-order valence-electron chi connectivity index (χ0n) is 20.0. The Morgan fingerprint density at radius 2 is 1.93 bits per heavy atom. The van der Waals surface area contributed by atoms with Gasteiger partial charge in [-0.1, -0.05) is 13.8 Å². The van der Waals surface area contributed by atoms with E-state index in [0.29, 0.717) is 18.9 Å². The summed E-state index contributed by atoms with van der Waals surface area (Å²) >= 11 is 0. The van der Waals surface area contributed by atoms with Crippen LogP contribution in [0.25, 0.3) is 0 Å². The first-order valence-corrected chi connectivity index (χ1v) is 11.5. The molecular formula is C23H44NO6+. The Bertz CT molecular complexity index is 546. The molecule has 7 nitrogen and oxygen atoms in total. The molecule has 2 rings (SSSR count). The minimum absolute atomic E-state index is 0.180. The van der Waals surface area contributed by atoms with E-state index in [2.05, 4.69) is 30.5 Å². The highest BCUT2D eigenvalue weighted by molar-refractivity contribution is 5.72. The van der Waals surface area contributed by atoms with Crippen molar-refractivity contribution in [3.8, 4) is 0 Å². The molecule has 30 heavy (non-hydrogen) atoms. The lowest BCUT2D eigenvalue weighted by Gasteiger charge is -2.42. The van der Waals surface area contributed by atoms with Gasteiger partial charge in [0, 0.05) is 20.6 Å². The van der Waals surface area contributed by atoms with Crippen molar-refractivity contribution in [3.63, 3.8) is 0 Å². The highest BCUT2D eigenvalue weighted by atomic mass is 16.7. The van der Waals surface area contributed by atoms with Crippen LogP contribution in [0.15, 0.2) is 0 Å². The minimum atomic E-state index is -0.722. The number of cyclic esters (lactones) is 1. The first-order valence-electron chi connectivity index (χ1n) is 11.5. The lowest BCUT2D eigenvalue weighted by molar-refractivity contribution is -0.362. The number of esters is 1. The van der Waals surface area contributed by atoms with Gasteiger partial charge in [-0.05, 0) is 58.5 Å². The van der Waals surface area contributed by atoms with E-state index in [9.17, 15) is 9.90 Å². The van der Waals surface area contributed by atoms with Gasteiger partial charge in [-0.2, -0.15) is 0 Å². The standard InChI is InChI=1S/C23H43NO6/c1-15-9-11-24(6)10-8-12-28-22(26)17(3)20(16(2)13-15)30-19-14-23(5,27-7)21(25)18(4)29-19/h15-21,25H,8-14H2,1-7H3/p+1/t15-,16+,17+,18?,19?,20-,21?,23?/m0/s1. The predicted molar refractivity (Wildman–Crippen MR) is 116 cm³/mol. The molecule has 0 aromatic heterocycles. The van der Waals surface area contributed by atoms with Crippen molar-refractivity contribution < 1.29 is 28.8 Å². The number of methoxy groups -OCH3 is 1. The normalized spacial score (nSPS) is 43.2. The first-order chi connectivity index (χ1) is 14.1. The van der Waals surface area contributed by atoms with Crippen LogP contribution in [0.1, 0.15) is 60.3 Å². The second-order valence-corrected chi connectivity index (χ2v) is 9.83. The third-order valence-corrected chi connectivity index (χ3v) is 6.98. The molecule has 2 fully saturated rings. The Morgan fingerprint density at radius 3 is 2.60 bits per heavy atom. The summed E-state index contributed by atoms with van der Waals surface area (Å²) in [7, 11) is 3.73. The van der Waals surface area contributed by atoms with E-state index in [0.717, 1.165) is 32.4 Å². The lowest BCUT2D eigenvalue weighted by Crippen LogP contribution is -2.59. The molecule has 7 heteroatoms. The van der Waals surface area contributed by atoms with Crippen molar-refractivity contribution in [1.29, 1.82) is 0 Å². The Kier molecular flexibility index (Phi) is 9.56. The van der Waals surface area contributed by atoms with Crippen LogP contribution in [0.2, 0.25) is 0 Å². The number of hydrogen-bond acceptors (Lipinski definition) is 6. The summed E-state index contributed by atoms with van der Waals surface area (Å²) in [5, 5.41) is 10.5. The Morgan fingerprint density at radius 1 is 1.23 bits per heavy atom. The van der Waals surface area contributed by atoms with E-state index >= 15 is 0 Å². The Balaban J connectivity index is 2.16. The summed E-state index contributed by atoms with van der Waals surface area (Å²) < 4.78 is 22.3. The fraction of sp³-hybridized carbons (Fsp3) is 0.957. The van der Waals surface area contributed by atoms with Crippen LogP contribution in [0.3, 0.4) is 0 Å². The van der Waals surface area contributed by atoms with Gasteiger partial charge < -0.3 is 29.0 Å². The first kappa shape index (κ1) is 25.5. The molecule has 2 saturated heterocycles. The molecule has 176 valence electrons. The number of carbonyl (C=O) groups excluding carboxylic acids is 1. The monoisotopic (exact) mass is 430 g/mol. The zero-order chi connectivity index (χ0) is 22.5. The van der Waals surface area contributed by atoms with E-state index in [1.54, 1.807) is 7.11 Å². The summed E-state index contributed by atoms with van der Waals surface area (Å²) in [5.41, 5.74) is -0.722. The molecule has 2 heterocycles. The maximum Gasteiger partial charge on any atom is 0.311 e. The quantitative estimate of drug-likeness (QED) is 0.547.